The Morgan fingerprint density at radius 3 is 2.71 bits per heavy atom. The van der Waals surface area contributed by atoms with E-state index < -0.39 is 0 Å². The number of piperidine rings is 1. The summed E-state index contributed by atoms with van der Waals surface area (Å²) in [6.07, 6.45) is 8.04. The number of hydrogen-bond donors (Lipinski definition) is 3. The van der Waals surface area contributed by atoms with Gasteiger partial charge in [-0.1, -0.05) is 12.1 Å². The van der Waals surface area contributed by atoms with Crippen molar-refractivity contribution in [2.75, 3.05) is 25.0 Å². The van der Waals surface area contributed by atoms with Crippen LogP contribution in [-0.4, -0.2) is 36.6 Å². The van der Waals surface area contributed by atoms with Crippen molar-refractivity contribution in [1.82, 2.24) is 10.3 Å². The van der Waals surface area contributed by atoms with Crippen molar-refractivity contribution in [3.05, 3.63) is 51.8 Å². The average Bonchev–Trinajstić information content (AvgIpc) is 3.32. The summed E-state index contributed by atoms with van der Waals surface area (Å²) in [6, 6.07) is 6.18. The Morgan fingerprint density at radius 1 is 1.16 bits per heavy atom. The molecule has 0 bridgehead atoms. The van der Waals surface area contributed by atoms with Crippen molar-refractivity contribution in [1.29, 1.82) is 0 Å². The van der Waals surface area contributed by atoms with Crippen LogP contribution >= 0.6 is 0 Å². The number of aromatic nitrogens is 1. The quantitative estimate of drug-likeness (QED) is 0.516. The highest BCUT2D eigenvalue weighted by molar-refractivity contribution is 6.35. The normalized spacial score (nSPS) is 19.8. The Hall–Kier alpha value is -2.86. The molecule has 1 fully saturated rings. The van der Waals surface area contributed by atoms with Gasteiger partial charge in [-0.15, -0.1) is 0 Å². The first-order chi connectivity index (χ1) is 15.2. The molecule has 31 heavy (non-hydrogen) atoms. The Morgan fingerprint density at radius 2 is 1.94 bits per heavy atom. The molecule has 2 aliphatic heterocycles. The Bertz CT molecular complexity index is 1060. The summed E-state index contributed by atoms with van der Waals surface area (Å²) in [7, 11) is 0. The van der Waals surface area contributed by atoms with E-state index in [0.29, 0.717) is 23.8 Å². The number of hydrogen-bond acceptors (Lipinski definition) is 4. The number of carbonyl (C=O) groups excluding carboxylic acids is 2. The van der Waals surface area contributed by atoms with Gasteiger partial charge in [0.05, 0.1) is 12.2 Å². The molecule has 1 aromatic heterocycles. The molecule has 1 saturated heterocycles. The standard InChI is InChI=1S/C25H29N3O3/c1-2-31-25(30)23-18-7-4-3-6-17(18)21(27-23)14-19-22-16(15-10-12-26-13-11-15)8-5-9-20(22)28-24(19)29/h5,8-9,14-15,26-27H,2-4,6-7,10-13H2,1H3,(H,28,29). The van der Waals surface area contributed by atoms with Crippen molar-refractivity contribution in [2.24, 2.45) is 0 Å². The smallest absolute Gasteiger partial charge is 0.355 e. The Balaban J connectivity index is 1.60. The molecule has 1 aromatic carbocycles. The molecule has 3 N–H and O–H groups in total. The average molecular weight is 420 g/mol. The number of anilines is 1. The molecule has 1 amide bonds. The number of benzene rings is 1. The zero-order valence-corrected chi connectivity index (χ0v) is 18.0. The van der Waals surface area contributed by atoms with Crippen LogP contribution in [0.3, 0.4) is 0 Å². The maximum Gasteiger partial charge on any atom is 0.355 e. The van der Waals surface area contributed by atoms with Gasteiger partial charge in [-0.3, -0.25) is 4.79 Å². The molecule has 0 spiro atoms. The Kier molecular flexibility index (Phi) is 5.40. The largest absolute Gasteiger partial charge is 0.461 e. The summed E-state index contributed by atoms with van der Waals surface area (Å²) in [6.45, 7) is 4.17. The minimum atomic E-state index is -0.308. The molecular weight excluding hydrogens is 390 g/mol. The molecule has 6 heteroatoms. The van der Waals surface area contributed by atoms with Gasteiger partial charge < -0.3 is 20.4 Å². The second-order valence-corrected chi connectivity index (χ2v) is 8.60. The maximum absolute atomic E-state index is 13.0. The second-order valence-electron chi connectivity index (χ2n) is 8.60. The topological polar surface area (TPSA) is 83.2 Å². The van der Waals surface area contributed by atoms with E-state index in [2.05, 4.69) is 21.7 Å². The van der Waals surface area contributed by atoms with Gasteiger partial charge in [0.1, 0.15) is 5.69 Å². The fourth-order valence-electron chi connectivity index (χ4n) is 5.30. The van der Waals surface area contributed by atoms with Crippen LogP contribution in [0.15, 0.2) is 18.2 Å². The summed E-state index contributed by atoms with van der Waals surface area (Å²) in [5.41, 5.74) is 7.48. The molecule has 0 saturated carbocycles. The van der Waals surface area contributed by atoms with Gasteiger partial charge in [-0.25, -0.2) is 4.79 Å². The van der Waals surface area contributed by atoms with E-state index >= 15 is 0 Å². The SMILES string of the molecule is CCOC(=O)c1[nH]c(C=C2C(=O)Nc3cccc(C4CCNCC4)c32)c2c1CCCC2. The number of rotatable bonds is 4. The highest BCUT2D eigenvalue weighted by atomic mass is 16.5. The molecule has 0 unspecified atom stereocenters. The molecule has 162 valence electrons. The van der Waals surface area contributed by atoms with E-state index in [1.54, 1.807) is 0 Å². The molecule has 3 heterocycles. The summed E-state index contributed by atoms with van der Waals surface area (Å²) < 4.78 is 5.28. The maximum atomic E-state index is 13.0. The fourth-order valence-corrected chi connectivity index (χ4v) is 5.30. The minimum absolute atomic E-state index is 0.0757. The van der Waals surface area contributed by atoms with Crippen molar-refractivity contribution in [3.8, 4) is 0 Å². The van der Waals surface area contributed by atoms with Gasteiger partial charge >= 0.3 is 5.97 Å². The number of esters is 1. The van der Waals surface area contributed by atoms with Gasteiger partial charge in [-0.05, 0) is 93.3 Å². The van der Waals surface area contributed by atoms with E-state index in [0.717, 1.165) is 79.7 Å². The number of aromatic amines is 1. The van der Waals surface area contributed by atoms with Gasteiger partial charge in [0.2, 0.25) is 0 Å². The van der Waals surface area contributed by atoms with Crippen LogP contribution in [0.4, 0.5) is 5.69 Å². The highest BCUT2D eigenvalue weighted by Gasteiger charge is 2.31. The first kappa shape index (κ1) is 20.1. The summed E-state index contributed by atoms with van der Waals surface area (Å²) >= 11 is 0. The summed E-state index contributed by atoms with van der Waals surface area (Å²) in [5.74, 6) is 0.0603. The third-order valence-electron chi connectivity index (χ3n) is 6.76. The van der Waals surface area contributed by atoms with Crippen molar-refractivity contribution in [2.45, 2.75) is 51.4 Å². The molecule has 2 aromatic rings. The van der Waals surface area contributed by atoms with Crippen LogP contribution in [0.5, 0.6) is 0 Å². The molecule has 0 radical (unpaired) electrons. The lowest BCUT2D eigenvalue weighted by Gasteiger charge is -2.25. The number of ether oxygens (including phenoxy) is 1. The van der Waals surface area contributed by atoms with E-state index in [-0.39, 0.29) is 11.9 Å². The van der Waals surface area contributed by atoms with Gasteiger partial charge in [0.15, 0.2) is 0 Å². The number of H-pyrrole nitrogens is 1. The fraction of sp³-hybridized carbons (Fsp3) is 0.440. The molecule has 0 atom stereocenters. The van der Waals surface area contributed by atoms with Gasteiger partial charge in [0, 0.05) is 16.9 Å². The van der Waals surface area contributed by atoms with E-state index in [9.17, 15) is 9.59 Å². The predicted molar refractivity (Wildman–Crippen MR) is 121 cm³/mol. The zero-order chi connectivity index (χ0) is 21.4. The van der Waals surface area contributed by atoms with E-state index in [1.165, 1.54) is 5.56 Å². The Labute approximate surface area is 182 Å². The molecule has 6 nitrogen and oxygen atoms in total. The van der Waals surface area contributed by atoms with Crippen molar-refractivity contribution >= 4 is 29.2 Å². The molecule has 3 aliphatic rings. The lowest BCUT2D eigenvalue weighted by molar-refractivity contribution is -0.110. The number of nitrogens with one attached hydrogen (secondary N) is 3. The number of amides is 1. The van der Waals surface area contributed by atoms with Crippen LogP contribution in [0, 0.1) is 0 Å². The van der Waals surface area contributed by atoms with Crippen LogP contribution in [0.2, 0.25) is 0 Å². The monoisotopic (exact) mass is 419 g/mol. The third kappa shape index (κ3) is 3.59. The number of fused-ring (bicyclic) bond motifs is 2. The lowest BCUT2D eigenvalue weighted by atomic mass is 9.84. The van der Waals surface area contributed by atoms with Crippen LogP contribution in [0.1, 0.15) is 77.0 Å². The highest BCUT2D eigenvalue weighted by Crippen LogP contribution is 2.41. The van der Waals surface area contributed by atoms with E-state index in [4.69, 9.17) is 4.74 Å². The van der Waals surface area contributed by atoms with Gasteiger partial charge in [0.25, 0.3) is 5.91 Å². The molecular formula is C25H29N3O3. The summed E-state index contributed by atoms with van der Waals surface area (Å²) in [5, 5.41) is 6.47. The lowest BCUT2D eigenvalue weighted by Crippen LogP contribution is -2.27. The van der Waals surface area contributed by atoms with Crippen LogP contribution < -0.4 is 10.6 Å². The summed E-state index contributed by atoms with van der Waals surface area (Å²) in [4.78, 5) is 28.8. The second kappa shape index (κ2) is 8.35. The first-order valence-electron chi connectivity index (χ1n) is 11.4. The van der Waals surface area contributed by atoms with Crippen LogP contribution in [-0.2, 0) is 22.4 Å². The van der Waals surface area contributed by atoms with Crippen molar-refractivity contribution < 1.29 is 14.3 Å². The van der Waals surface area contributed by atoms with Gasteiger partial charge in [-0.2, -0.15) is 0 Å². The zero-order valence-electron chi connectivity index (χ0n) is 18.0. The van der Waals surface area contributed by atoms with E-state index in [1.807, 2.05) is 25.1 Å². The molecule has 1 aliphatic carbocycles. The molecule has 5 rings (SSSR count). The van der Waals surface area contributed by atoms with Crippen LogP contribution in [0.25, 0.3) is 11.6 Å². The minimum Gasteiger partial charge on any atom is -0.461 e. The first-order valence-corrected chi connectivity index (χ1v) is 11.4. The van der Waals surface area contributed by atoms with Crippen molar-refractivity contribution in [3.63, 3.8) is 0 Å². The third-order valence-corrected chi connectivity index (χ3v) is 6.76. The number of carbonyl (C=O) groups is 2. The predicted octanol–water partition coefficient (Wildman–Crippen LogP) is 4.03.